The van der Waals surface area contributed by atoms with Gasteiger partial charge in [-0.2, -0.15) is 8.78 Å². The fraction of sp³-hybridized carbons (Fsp3) is 0.365. The monoisotopic (exact) mass is 1020 g/mol. The van der Waals surface area contributed by atoms with Crippen LogP contribution in [-0.4, -0.2) is 98.7 Å². The van der Waals surface area contributed by atoms with Crippen LogP contribution in [0.4, 0.5) is 14.5 Å². The van der Waals surface area contributed by atoms with Crippen LogP contribution < -0.4 is 20.9 Å². The van der Waals surface area contributed by atoms with Crippen molar-refractivity contribution in [3.8, 4) is 11.8 Å². The standard InChI is InChI=1S/C52H53F2N6O10PS/c1-51(2,3)45(57-47(64)42-29-34-27-35(18-21-41(34)72-42)52(53,54)71(68,69)70)50(67)59-25-10-16-40(59)49(66)58(36-19-17-31-11-6-7-13-33(31)28-36)26-23-43(61)55-24-8-4-5-12-32-14-9-15-37-38(32)30-60(48(37)65)39-20-22-44(62)56-46(39)63/h6-7,9,11,13-15,17-19,21,27-29,39-40,45H,4,8,10,16,20,22-26,30H2,1-3H3,(H,55,61)(H,57,64)(H,56,62,63)(H2,68,69,70)/t39?,40-,45?/m0/s1. The van der Waals surface area contributed by atoms with Crippen molar-refractivity contribution in [3.05, 3.63) is 112 Å². The number of hydrogen-bond donors (Lipinski definition) is 5. The number of fused-ring (bicyclic) bond motifs is 3. The molecule has 0 bridgehead atoms. The smallest absolute Gasteiger partial charge is 0.356 e. The zero-order valence-corrected chi connectivity index (χ0v) is 41.4. The second-order valence-electron chi connectivity index (χ2n) is 19.2. The average molecular weight is 1020 g/mol. The van der Waals surface area contributed by atoms with Gasteiger partial charge in [-0.15, -0.1) is 11.3 Å². The zero-order chi connectivity index (χ0) is 51.7. The molecule has 2 unspecified atom stereocenters. The molecule has 8 rings (SSSR count). The van der Waals surface area contributed by atoms with Gasteiger partial charge in [0, 0.05) is 72.5 Å². The third-order valence-electron chi connectivity index (χ3n) is 13.1. The molecule has 3 aliphatic heterocycles. The van der Waals surface area contributed by atoms with Gasteiger partial charge >= 0.3 is 13.3 Å². The molecule has 16 nitrogen and oxygen atoms in total. The minimum Gasteiger partial charge on any atom is -0.356 e. The average Bonchev–Trinajstić information content (AvgIpc) is 4.09. The summed E-state index contributed by atoms with van der Waals surface area (Å²) >= 11 is 0.956. The number of benzene rings is 4. The van der Waals surface area contributed by atoms with Gasteiger partial charge in [-0.05, 0) is 95.3 Å². The largest absolute Gasteiger partial charge is 0.399 e. The van der Waals surface area contributed by atoms with Crippen molar-refractivity contribution >= 4 is 86.8 Å². The van der Waals surface area contributed by atoms with Crippen LogP contribution in [0.15, 0.2) is 84.9 Å². The highest BCUT2D eigenvalue weighted by molar-refractivity contribution is 7.52. The van der Waals surface area contributed by atoms with Crippen molar-refractivity contribution in [2.45, 2.75) is 96.1 Å². The fourth-order valence-corrected chi connectivity index (χ4v) is 10.7. The van der Waals surface area contributed by atoms with Gasteiger partial charge in [-0.3, -0.25) is 43.4 Å². The minimum atomic E-state index is -5.84. The Balaban J connectivity index is 0.915. The lowest BCUT2D eigenvalue weighted by molar-refractivity contribution is -0.141. The molecule has 376 valence electrons. The van der Waals surface area contributed by atoms with Gasteiger partial charge in [-0.25, -0.2) is 0 Å². The number of nitrogens with one attached hydrogen (secondary N) is 3. The maximum absolute atomic E-state index is 14.8. The molecule has 3 aliphatic rings. The molecule has 0 radical (unpaired) electrons. The Kier molecular flexibility index (Phi) is 14.8. The summed E-state index contributed by atoms with van der Waals surface area (Å²) in [5.74, 6) is 3.22. The van der Waals surface area contributed by atoms with E-state index in [1.807, 2.05) is 42.5 Å². The molecule has 4 heterocycles. The Labute approximate surface area is 417 Å². The third kappa shape index (κ3) is 10.8. The number of alkyl halides is 2. The molecule has 72 heavy (non-hydrogen) atoms. The van der Waals surface area contributed by atoms with Crippen LogP contribution in [-0.2, 0) is 40.7 Å². The second kappa shape index (κ2) is 20.7. The number of carbonyl (C=O) groups excluding carboxylic acids is 7. The van der Waals surface area contributed by atoms with E-state index in [0.717, 1.165) is 34.2 Å². The SMILES string of the molecule is CC(C)(C)C(NC(=O)c1cc2cc(C(F)(F)P(=O)(O)O)ccc2s1)C(=O)N1CCC[C@H]1C(=O)N(CCC(=O)NCCCC#Cc1cccc2c1CN(C1CCC(=O)NC1=O)C2=O)c1ccc2ccccc2c1. The second-order valence-corrected chi connectivity index (χ2v) is 21.9. The van der Waals surface area contributed by atoms with Crippen molar-refractivity contribution in [2.75, 3.05) is 24.5 Å². The predicted molar refractivity (Wildman–Crippen MR) is 266 cm³/mol. The van der Waals surface area contributed by atoms with E-state index in [-0.39, 0.29) is 66.9 Å². The number of hydrogen-bond acceptors (Lipinski definition) is 9. The molecule has 0 spiro atoms. The summed E-state index contributed by atoms with van der Waals surface area (Å²) in [6, 6.07) is 19.9. The van der Waals surface area contributed by atoms with Gasteiger partial charge in [0.2, 0.25) is 29.5 Å². The Hall–Kier alpha value is -6.84. The number of rotatable bonds is 14. The molecule has 5 aromatic rings. The molecular weight excluding hydrogens is 970 g/mol. The molecule has 20 heteroatoms. The first-order valence-electron chi connectivity index (χ1n) is 23.5. The lowest BCUT2D eigenvalue weighted by atomic mass is 9.85. The molecule has 0 aliphatic carbocycles. The Morgan fingerprint density at radius 1 is 0.944 bits per heavy atom. The quantitative estimate of drug-likeness (QED) is 0.0349. The van der Waals surface area contributed by atoms with Gasteiger partial charge in [0.25, 0.3) is 11.8 Å². The molecule has 1 aromatic heterocycles. The maximum atomic E-state index is 14.8. The van der Waals surface area contributed by atoms with Crippen LogP contribution in [0, 0.1) is 17.3 Å². The number of piperidine rings is 1. The summed E-state index contributed by atoms with van der Waals surface area (Å²) in [4.78, 5) is 117. The molecule has 5 N–H and O–H groups in total. The number of likely N-dealkylation sites (tertiary alicyclic amines) is 1. The predicted octanol–water partition coefficient (Wildman–Crippen LogP) is 6.55. The number of amides is 7. The summed E-state index contributed by atoms with van der Waals surface area (Å²) in [7, 11) is -5.84. The van der Waals surface area contributed by atoms with E-state index in [1.165, 1.54) is 26.8 Å². The topological polar surface area (TPSA) is 223 Å². The molecule has 7 amide bonds. The minimum absolute atomic E-state index is 0.0117. The first-order valence-corrected chi connectivity index (χ1v) is 26.0. The summed E-state index contributed by atoms with van der Waals surface area (Å²) in [5.41, 5.74) is -3.86. The van der Waals surface area contributed by atoms with E-state index in [9.17, 15) is 56.7 Å². The van der Waals surface area contributed by atoms with Gasteiger partial charge in [0.05, 0.1) is 4.88 Å². The van der Waals surface area contributed by atoms with Crippen LogP contribution in [0.1, 0.15) is 102 Å². The number of anilines is 1. The van der Waals surface area contributed by atoms with Crippen molar-refractivity contribution in [2.24, 2.45) is 5.41 Å². The molecular formula is C52H53F2N6O10PS. The van der Waals surface area contributed by atoms with E-state index in [1.54, 1.807) is 39.0 Å². The van der Waals surface area contributed by atoms with Gasteiger partial charge in [0.1, 0.15) is 18.1 Å². The van der Waals surface area contributed by atoms with Crippen LogP contribution in [0.5, 0.6) is 0 Å². The number of unbranched alkanes of at least 4 members (excludes halogenated alkanes) is 1. The summed E-state index contributed by atoms with van der Waals surface area (Å²) in [6.45, 7) is 5.98. The van der Waals surface area contributed by atoms with Gasteiger partial charge < -0.3 is 35.1 Å². The van der Waals surface area contributed by atoms with E-state index >= 15 is 0 Å². The van der Waals surface area contributed by atoms with E-state index in [0.29, 0.717) is 59.3 Å². The number of halogens is 2. The van der Waals surface area contributed by atoms with Crippen molar-refractivity contribution < 1.29 is 56.7 Å². The van der Waals surface area contributed by atoms with Crippen LogP contribution in [0.25, 0.3) is 20.9 Å². The molecule has 0 saturated carbocycles. The molecule has 2 fully saturated rings. The Morgan fingerprint density at radius 3 is 2.44 bits per heavy atom. The summed E-state index contributed by atoms with van der Waals surface area (Å²) in [5, 5.41) is 9.99. The van der Waals surface area contributed by atoms with E-state index < -0.39 is 66.0 Å². The van der Waals surface area contributed by atoms with Crippen LogP contribution in [0.2, 0.25) is 0 Å². The lowest BCUT2D eigenvalue weighted by Crippen LogP contribution is -2.58. The van der Waals surface area contributed by atoms with E-state index in [2.05, 4.69) is 27.8 Å². The Morgan fingerprint density at radius 2 is 1.71 bits per heavy atom. The number of carbonyl (C=O) groups is 7. The highest BCUT2D eigenvalue weighted by atomic mass is 32.1. The first kappa shape index (κ1) is 51.5. The van der Waals surface area contributed by atoms with Crippen molar-refractivity contribution in [3.63, 3.8) is 0 Å². The highest BCUT2D eigenvalue weighted by Crippen LogP contribution is 2.59. The fourth-order valence-electron chi connectivity index (χ4n) is 9.27. The maximum Gasteiger partial charge on any atom is 0.399 e. The molecule has 3 atom stereocenters. The Bertz CT molecular complexity index is 3140. The zero-order valence-electron chi connectivity index (χ0n) is 39.7. The summed E-state index contributed by atoms with van der Waals surface area (Å²) in [6.07, 6.45) is 2.09. The van der Waals surface area contributed by atoms with Crippen molar-refractivity contribution in [1.29, 1.82) is 0 Å². The third-order valence-corrected chi connectivity index (χ3v) is 15.2. The van der Waals surface area contributed by atoms with Crippen LogP contribution in [0.3, 0.4) is 0 Å². The first-order chi connectivity index (χ1) is 34.1. The number of nitrogens with zero attached hydrogens (tertiary/aromatic N) is 3. The molecule has 4 aromatic carbocycles. The van der Waals surface area contributed by atoms with Gasteiger partial charge in [-0.1, -0.05) is 75.1 Å². The van der Waals surface area contributed by atoms with E-state index in [4.69, 9.17) is 0 Å². The number of imide groups is 1. The molecule has 2 saturated heterocycles. The van der Waals surface area contributed by atoms with Crippen LogP contribution >= 0.6 is 18.9 Å². The normalized spacial score (nSPS) is 17.6. The van der Waals surface area contributed by atoms with Crippen molar-refractivity contribution in [1.82, 2.24) is 25.8 Å². The summed E-state index contributed by atoms with van der Waals surface area (Å²) < 4.78 is 41.0. The number of thiophene rings is 1. The highest BCUT2D eigenvalue weighted by Gasteiger charge is 2.50. The lowest BCUT2D eigenvalue weighted by Gasteiger charge is -2.36. The van der Waals surface area contributed by atoms with Gasteiger partial charge in [0.15, 0.2) is 0 Å².